The van der Waals surface area contributed by atoms with Crippen molar-refractivity contribution in [3.05, 3.63) is 12.1 Å². The number of methoxy groups -OCH3 is 2. The van der Waals surface area contributed by atoms with Gasteiger partial charge < -0.3 is 25.8 Å². The summed E-state index contributed by atoms with van der Waals surface area (Å²) in [6, 6.07) is 2.93. The summed E-state index contributed by atoms with van der Waals surface area (Å²) < 4.78 is 10.3. The number of amides is 2. The van der Waals surface area contributed by atoms with Gasteiger partial charge in [-0.1, -0.05) is 6.92 Å². The highest BCUT2D eigenvalue weighted by Gasteiger charge is 2.11. The molecule has 4 N–H and O–H groups in total. The van der Waals surface area contributed by atoms with Gasteiger partial charge in [0.15, 0.2) is 11.5 Å². The summed E-state index contributed by atoms with van der Waals surface area (Å²) >= 11 is 0. The average Bonchev–Trinajstić information content (AvgIpc) is 2.38. The molecule has 1 rings (SSSR count). The lowest BCUT2D eigenvalue weighted by molar-refractivity contribution is 0.252. The maximum atomic E-state index is 11.5. The standard InChI is InChI=1S/C12H19N3O3/c1-4-5-14-12(16)15-9-7-11(18-3)10(17-2)6-8(9)13/h6-7H,4-5,13H2,1-3H3,(H2,14,15,16). The van der Waals surface area contributed by atoms with Crippen molar-refractivity contribution in [1.82, 2.24) is 5.32 Å². The van der Waals surface area contributed by atoms with Gasteiger partial charge in [0.1, 0.15) is 0 Å². The first kappa shape index (κ1) is 14.0. The maximum Gasteiger partial charge on any atom is 0.319 e. The number of ether oxygens (including phenoxy) is 2. The first-order chi connectivity index (χ1) is 8.62. The molecule has 0 saturated carbocycles. The van der Waals surface area contributed by atoms with E-state index in [1.54, 1.807) is 12.1 Å². The number of anilines is 2. The molecule has 0 saturated heterocycles. The molecule has 18 heavy (non-hydrogen) atoms. The van der Waals surface area contributed by atoms with Crippen LogP contribution in [0.1, 0.15) is 13.3 Å². The SMILES string of the molecule is CCCNC(=O)Nc1cc(OC)c(OC)cc1N. The lowest BCUT2D eigenvalue weighted by Crippen LogP contribution is -2.29. The van der Waals surface area contributed by atoms with Crippen LogP contribution in [0.4, 0.5) is 16.2 Å². The minimum Gasteiger partial charge on any atom is -0.493 e. The van der Waals surface area contributed by atoms with Gasteiger partial charge in [0.25, 0.3) is 0 Å². The van der Waals surface area contributed by atoms with Crippen LogP contribution in [-0.4, -0.2) is 26.8 Å². The predicted molar refractivity (Wildman–Crippen MR) is 71.3 cm³/mol. The Morgan fingerprint density at radius 2 is 1.89 bits per heavy atom. The molecule has 6 heteroatoms. The number of nitrogen functional groups attached to an aromatic ring is 1. The zero-order valence-electron chi connectivity index (χ0n) is 10.9. The van der Waals surface area contributed by atoms with Crippen LogP contribution in [0, 0.1) is 0 Å². The number of benzene rings is 1. The molecule has 0 aliphatic rings. The van der Waals surface area contributed by atoms with Crippen LogP contribution >= 0.6 is 0 Å². The zero-order chi connectivity index (χ0) is 13.5. The van der Waals surface area contributed by atoms with Gasteiger partial charge >= 0.3 is 6.03 Å². The van der Waals surface area contributed by atoms with Gasteiger partial charge in [-0.3, -0.25) is 0 Å². The molecule has 0 atom stereocenters. The number of rotatable bonds is 5. The van der Waals surface area contributed by atoms with Gasteiger partial charge in [0.2, 0.25) is 0 Å². The zero-order valence-corrected chi connectivity index (χ0v) is 10.9. The maximum absolute atomic E-state index is 11.5. The Hall–Kier alpha value is -2.11. The van der Waals surface area contributed by atoms with Crippen molar-refractivity contribution in [3.63, 3.8) is 0 Å². The van der Waals surface area contributed by atoms with Gasteiger partial charge in [-0.05, 0) is 6.42 Å². The quantitative estimate of drug-likeness (QED) is 0.699. The Kier molecular flexibility index (Phi) is 5.10. The van der Waals surface area contributed by atoms with E-state index in [1.165, 1.54) is 14.2 Å². The van der Waals surface area contributed by atoms with Crippen LogP contribution in [0.15, 0.2) is 12.1 Å². The van der Waals surface area contributed by atoms with E-state index in [0.717, 1.165) is 6.42 Å². The molecule has 0 unspecified atom stereocenters. The molecule has 0 aromatic heterocycles. The summed E-state index contributed by atoms with van der Waals surface area (Å²) in [6.07, 6.45) is 0.870. The molecule has 0 aliphatic heterocycles. The molecule has 0 spiro atoms. The number of carbonyl (C=O) groups excluding carboxylic acids is 1. The Morgan fingerprint density at radius 1 is 1.28 bits per heavy atom. The lowest BCUT2D eigenvalue weighted by Gasteiger charge is -2.13. The first-order valence-corrected chi connectivity index (χ1v) is 5.68. The Bertz CT molecular complexity index is 421. The molecule has 0 fully saturated rings. The largest absolute Gasteiger partial charge is 0.493 e. The number of hydrogen-bond acceptors (Lipinski definition) is 4. The number of urea groups is 1. The Morgan fingerprint density at radius 3 is 2.44 bits per heavy atom. The summed E-state index contributed by atoms with van der Waals surface area (Å²) in [5.74, 6) is 1.03. The fourth-order valence-electron chi connectivity index (χ4n) is 1.41. The van der Waals surface area contributed by atoms with Crippen LogP contribution in [-0.2, 0) is 0 Å². The van der Waals surface area contributed by atoms with E-state index in [1.807, 2.05) is 6.92 Å². The van der Waals surface area contributed by atoms with E-state index in [-0.39, 0.29) is 6.03 Å². The summed E-state index contributed by atoms with van der Waals surface area (Å²) in [5, 5.41) is 5.36. The van der Waals surface area contributed by atoms with Crippen LogP contribution in [0.5, 0.6) is 11.5 Å². The van der Waals surface area contributed by atoms with E-state index in [0.29, 0.717) is 29.4 Å². The van der Waals surface area contributed by atoms with Crippen LogP contribution in [0.3, 0.4) is 0 Å². The highest BCUT2D eigenvalue weighted by atomic mass is 16.5. The van der Waals surface area contributed by atoms with Crippen molar-refractivity contribution in [2.24, 2.45) is 0 Å². The van der Waals surface area contributed by atoms with Crippen molar-refractivity contribution >= 4 is 17.4 Å². The van der Waals surface area contributed by atoms with Gasteiger partial charge in [-0.15, -0.1) is 0 Å². The summed E-state index contributed by atoms with van der Waals surface area (Å²) in [4.78, 5) is 11.5. The number of nitrogens with one attached hydrogen (secondary N) is 2. The lowest BCUT2D eigenvalue weighted by atomic mass is 10.2. The molecule has 1 aromatic rings. The second kappa shape index (κ2) is 6.58. The van der Waals surface area contributed by atoms with Crippen molar-refractivity contribution in [1.29, 1.82) is 0 Å². The van der Waals surface area contributed by atoms with E-state index in [2.05, 4.69) is 10.6 Å². The third kappa shape index (κ3) is 3.44. The number of hydrogen-bond donors (Lipinski definition) is 3. The number of nitrogens with two attached hydrogens (primary N) is 1. The Balaban J connectivity index is 2.85. The normalized spacial score (nSPS) is 9.72. The first-order valence-electron chi connectivity index (χ1n) is 5.68. The Labute approximate surface area is 106 Å². The van der Waals surface area contributed by atoms with Crippen molar-refractivity contribution in [2.75, 3.05) is 31.8 Å². The van der Waals surface area contributed by atoms with Crippen molar-refractivity contribution in [2.45, 2.75) is 13.3 Å². The van der Waals surface area contributed by atoms with E-state index < -0.39 is 0 Å². The monoisotopic (exact) mass is 253 g/mol. The molecule has 0 aliphatic carbocycles. The molecule has 0 bridgehead atoms. The molecule has 0 radical (unpaired) electrons. The topological polar surface area (TPSA) is 85.6 Å². The summed E-state index contributed by atoms with van der Waals surface area (Å²) in [7, 11) is 3.05. The van der Waals surface area contributed by atoms with E-state index in [9.17, 15) is 4.79 Å². The minimum atomic E-state index is -0.296. The van der Waals surface area contributed by atoms with Gasteiger partial charge in [0.05, 0.1) is 25.6 Å². The predicted octanol–water partition coefficient (Wildman–Crippen LogP) is 1.82. The highest BCUT2D eigenvalue weighted by Crippen LogP contribution is 2.34. The highest BCUT2D eigenvalue weighted by molar-refractivity contribution is 5.93. The molecular formula is C12H19N3O3. The van der Waals surface area contributed by atoms with E-state index in [4.69, 9.17) is 15.2 Å². The molecule has 2 amide bonds. The molecule has 0 heterocycles. The minimum absolute atomic E-state index is 0.296. The van der Waals surface area contributed by atoms with Crippen LogP contribution in [0.2, 0.25) is 0 Å². The molecule has 100 valence electrons. The number of carbonyl (C=O) groups is 1. The second-order valence-electron chi connectivity index (χ2n) is 3.68. The smallest absolute Gasteiger partial charge is 0.319 e. The third-order valence-corrected chi connectivity index (χ3v) is 2.34. The fourth-order valence-corrected chi connectivity index (χ4v) is 1.41. The second-order valence-corrected chi connectivity index (χ2v) is 3.68. The van der Waals surface area contributed by atoms with E-state index >= 15 is 0 Å². The third-order valence-electron chi connectivity index (χ3n) is 2.34. The van der Waals surface area contributed by atoms with Gasteiger partial charge in [-0.2, -0.15) is 0 Å². The fraction of sp³-hybridized carbons (Fsp3) is 0.417. The van der Waals surface area contributed by atoms with Crippen LogP contribution in [0.25, 0.3) is 0 Å². The van der Waals surface area contributed by atoms with Gasteiger partial charge in [0, 0.05) is 18.7 Å². The van der Waals surface area contributed by atoms with Gasteiger partial charge in [-0.25, -0.2) is 4.79 Å². The van der Waals surface area contributed by atoms with Crippen molar-refractivity contribution in [3.8, 4) is 11.5 Å². The average molecular weight is 253 g/mol. The summed E-state index contributed by atoms with van der Waals surface area (Å²) in [5.41, 5.74) is 6.72. The van der Waals surface area contributed by atoms with Crippen molar-refractivity contribution < 1.29 is 14.3 Å². The summed E-state index contributed by atoms with van der Waals surface area (Å²) in [6.45, 7) is 2.59. The molecule has 6 nitrogen and oxygen atoms in total. The molecular weight excluding hydrogens is 234 g/mol. The van der Waals surface area contributed by atoms with Crippen LogP contribution < -0.4 is 25.8 Å². The molecule has 1 aromatic carbocycles.